The predicted molar refractivity (Wildman–Crippen MR) is 107 cm³/mol. The van der Waals surface area contributed by atoms with Gasteiger partial charge >= 0.3 is 0 Å². The average Bonchev–Trinajstić information content (AvgIpc) is 2.58. The zero-order chi connectivity index (χ0) is 19.3. The van der Waals surface area contributed by atoms with Crippen molar-refractivity contribution in [3.63, 3.8) is 0 Å². The number of halogens is 2. The van der Waals surface area contributed by atoms with E-state index in [4.69, 9.17) is 23.2 Å². The quantitative estimate of drug-likeness (QED) is 0.675. The van der Waals surface area contributed by atoms with Crippen LogP contribution < -0.4 is 9.62 Å². The van der Waals surface area contributed by atoms with Gasteiger partial charge in [-0.25, -0.2) is 8.42 Å². The Balaban J connectivity index is 2.08. The second kappa shape index (κ2) is 9.11. The summed E-state index contributed by atoms with van der Waals surface area (Å²) in [6.45, 7) is 2.05. The number of hydrogen-bond donors (Lipinski definition) is 1. The second-order valence-corrected chi connectivity index (χ2v) is 9.16. The van der Waals surface area contributed by atoms with Crippen LogP contribution in [-0.4, -0.2) is 33.2 Å². The summed E-state index contributed by atoms with van der Waals surface area (Å²) in [5.74, 6) is -0.349. The number of carbonyl (C=O) groups is 1. The van der Waals surface area contributed by atoms with Gasteiger partial charge in [-0.1, -0.05) is 34.9 Å². The number of benzene rings is 1. The predicted octanol–water partition coefficient (Wildman–Crippen LogP) is 4.15. The van der Waals surface area contributed by atoms with Crippen LogP contribution in [0.15, 0.2) is 29.8 Å². The van der Waals surface area contributed by atoms with Crippen molar-refractivity contribution in [2.24, 2.45) is 0 Å². The highest BCUT2D eigenvalue weighted by molar-refractivity contribution is 7.92. The molecular formula is C18H24Cl2N2O3S. The van der Waals surface area contributed by atoms with Gasteiger partial charge in [-0.3, -0.25) is 9.10 Å². The van der Waals surface area contributed by atoms with E-state index in [1.54, 1.807) is 6.92 Å². The zero-order valence-electron chi connectivity index (χ0n) is 15.0. The number of nitrogens with zero attached hydrogens (tertiary/aromatic N) is 1. The molecular weight excluding hydrogens is 395 g/mol. The minimum Gasteiger partial charge on any atom is -0.354 e. The SMILES string of the molecule is C[C@H](C(=O)NCCC1=CCCCC1)N(c1ccc(Cl)c(Cl)c1)S(C)(=O)=O. The van der Waals surface area contributed by atoms with Gasteiger partial charge in [0.15, 0.2) is 0 Å². The lowest BCUT2D eigenvalue weighted by Gasteiger charge is -2.28. The van der Waals surface area contributed by atoms with Crippen LogP contribution in [0.4, 0.5) is 5.69 Å². The molecule has 2 rings (SSSR count). The summed E-state index contributed by atoms with van der Waals surface area (Å²) in [4.78, 5) is 12.5. The van der Waals surface area contributed by atoms with Crippen LogP contribution in [-0.2, 0) is 14.8 Å². The van der Waals surface area contributed by atoms with Crippen LogP contribution in [0.3, 0.4) is 0 Å². The molecule has 0 radical (unpaired) electrons. The summed E-state index contributed by atoms with van der Waals surface area (Å²) in [6, 6.07) is 3.59. The molecule has 1 aromatic carbocycles. The van der Waals surface area contributed by atoms with Gasteiger partial charge in [0.25, 0.3) is 0 Å². The van der Waals surface area contributed by atoms with E-state index >= 15 is 0 Å². The molecule has 1 aromatic rings. The van der Waals surface area contributed by atoms with E-state index < -0.39 is 16.1 Å². The maximum absolute atomic E-state index is 12.5. The Morgan fingerprint density at radius 1 is 1.27 bits per heavy atom. The average molecular weight is 419 g/mol. The van der Waals surface area contributed by atoms with Crippen LogP contribution in [0.2, 0.25) is 10.0 Å². The molecule has 0 heterocycles. The summed E-state index contributed by atoms with van der Waals surface area (Å²) in [5, 5.41) is 3.39. The third kappa shape index (κ3) is 5.63. The summed E-state index contributed by atoms with van der Waals surface area (Å²) in [5.41, 5.74) is 1.66. The second-order valence-electron chi connectivity index (χ2n) is 6.48. The van der Waals surface area contributed by atoms with Crippen LogP contribution in [0.5, 0.6) is 0 Å². The standard InChI is InChI=1S/C18H24Cl2N2O3S/c1-13(18(23)21-11-10-14-6-4-3-5-7-14)22(26(2,24)25)15-8-9-16(19)17(20)12-15/h6,8-9,12-13H,3-5,7,10-11H2,1-2H3,(H,21,23)/t13-/m1/s1. The van der Waals surface area contributed by atoms with Crippen molar-refractivity contribution in [2.45, 2.75) is 45.1 Å². The molecule has 26 heavy (non-hydrogen) atoms. The molecule has 1 atom stereocenters. The Morgan fingerprint density at radius 2 is 2.00 bits per heavy atom. The molecule has 1 aliphatic rings. The van der Waals surface area contributed by atoms with E-state index in [0.717, 1.165) is 29.8 Å². The molecule has 0 bridgehead atoms. The van der Waals surface area contributed by atoms with Crippen molar-refractivity contribution in [2.75, 3.05) is 17.1 Å². The molecule has 0 saturated heterocycles. The molecule has 5 nitrogen and oxygen atoms in total. The number of carbonyl (C=O) groups excluding carboxylic acids is 1. The lowest BCUT2D eigenvalue weighted by atomic mass is 9.97. The van der Waals surface area contributed by atoms with E-state index in [-0.39, 0.29) is 10.9 Å². The smallest absolute Gasteiger partial charge is 0.243 e. The van der Waals surface area contributed by atoms with Crippen molar-refractivity contribution >= 4 is 44.8 Å². The van der Waals surface area contributed by atoms with Gasteiger partial charge in [0.1, 0.15) is 6.04 Å². The minimum absolute atomic E-state index is 0.231. The summed E-state index contributed by atoms with van der Waals surface area (Å²) >= 11 is 11.9. The number of anilines is 1. The van der Waals surface area contributed by atoms with Gasteiger partial charge in [-0.05, 0) is 57.2 Å². The number of nitrogens with one attached hydrogen (secondary N) is 1. The van der Waals surface area contributed by atoms with Crippen molar-refractivity contribution in [1.82, 2.24) is 5.32 Å². The first-order valence-electron chi connectivity index (χ1n) is 8.60. The van der Waals surface area contributed by atoms with Crippen molar-refractivity contribution in [3.05, 3.63) is 39.9 Å². The maximum atomic E-state index is 12.5. The largest absolute Gasteiger partial charge is 0.354 e. The van der Waals surface area contributed by atoms with E-state index in [9.17, 15) is 13.2 Å². The van der Waals surface area contributed by atoms with Crippen LogP contribution in [0, 0.1) is 0 Å². The summed E-state index contributed by atoms with van der Waals surface area (Å²) in [6.07, 6.45) is 8.67. The first kappa shape index (κ1) is 21.1. The summed E-state index contributed by atoms with van der Waals surface area (Å²) in [7, 11) is -3.68. The highest BCUT2D eigenvalue weighted by atomic mass is 35.5. The zero-order valence-corrected chi connectivity index (χ0v) is 17.3. The molecule has 0 aliphatic heterocycles. The summed E-state index contributed by atoms with van der Waals surface area (Å²) < 4.78 is 25.6. The highest BCUT2D eigenvalue weighted by Gasteiger charge is 2.29. The van der Waals surface area contributed by atoms with Crippen LogP contribution in [0.1, 0.15) is 39.0 Å². The van der Waals surface area contributed by atoms with Gasteiger partial charge in [-0.15, -0.1) is 0 Å². The molecule has 144 valence electrons. The minimum atomic E-state index is -3.68. The first-order valence-corrected chi connectivity index (χ1v) is 11.2. The Hall–Kier alpha value is -1.24. The van der Waals surface area contributed by atoms with Gasteiger partial charge in [0.05, 0.1) is 22.0 Å². The fourth-order valence-electron chi connectivity index (χ4n) is 3.06. The number of amides is 1. The van der Waals surface area contributed by atoms with Crippen molar-refractivity contribution in [3.8, 4) is 0 Å². The van der Waals surface area contributed by atoms with E-state index in [2.05, 4.69) is 11.4 Å². The van der Waals surface area contributed by atoms with Crippen LogP contribution in [0.25, 0.3) is 0 Å². The molecule has 0 unspecified atom stereocenters. The fourth-order valence-corrected chi connectivity index (χ4v) is 4.52. The lowest BCUT2D eigenvalue weighted by Crippen LogP contribution is -2.48. The maximum Gasteiger partial charge on any atom is 0.243 e. The number of rotatable bonds is 7. The van der Waals surface area contributed by atoms with Crippen molar-refractivity contribution < 1.29 is 13.2 Å². The monoisotopic (exact) mass is 418 g/mol. The van der Waals surface area contributed by atoms with E-state index in [1.807, 2.05) is 0 Å². The van der Waals surface area contributed by atoms with Crippen molar-refractivity contribution in [1.29, 1.82) is 0 Å². The molecule has 0 aromatic heterocycles. The first-order chi connectivity index (χ1) is 12.2. The Kier molecular flexibility index (Phi) is 7.38. The normalized spacial score (nSPS) is 15.9. The highest BCUT2D eigenvalue weighted by Crippen LogP contribution is 2.29. The van der Waals surface area contributed by atoms with E-state index in [1.165, 1.54) is 36.6 Å². The number of sulfonamides is 1. The lowest BCUT2D eigenvalue weighted by molar-refractivity contribution is -0.121. The molecule has 1 amide bonds. The third-order valence-corrected chi connectivity index (χ3v) is 6.36. The van der Waals surface area contributed by atoms with Gasteiger partial charge in [0.2, 0.25) is 15.9 Å². The van der Waals surface area contributed by atoms with Crippen LogP contribution >= 0.6 is 23.2 Å². The number of hydrogen-bond acceptors (Lipinski definition) is 3. The topological polar surface area (TPSA) is 66.5 Å². The molecule has 8 heteroatoms. The van der Waals surface area contributed by atoms with Gasteiger partial charge in [-0.2, -0.15) is 0 Å². The Bertz CT molecular complexity index is 794. The Labute approximate surface area is 165 Å². The number of allylic oxidation sites excluding steroid dienone is 1. The molecule has 1 N–H and O–H groups in total. The fraction of sp³-hybridized carbons (Fsp3) is 0.500. The van der Waals surface area contributed by atoms with E-state index in [0.29, 0.717) is 17.3 Å². The molecule has 0 spiro atoms. The Morgan fingerprint density at radius 3 is 2.58 bits per heavy atom. The molecule has 0 fully saturated rings. The molecule has 0 saturated carbocycles. The van der Waals surface area contributed by atoms with Gasteiger partial charge in [0, 0.05) is 6.54 Å². The third-order valence-electron chi connectivity index (χ3n) is 4.38. The van der Waals surface area contributed by atoms with Gasteiger partial charge < -0.3 is 5.32 Å². The molecule has 1 aliphatic carbocycles.